The van der Waals surface area contributed by atoms with Crippen LogP contribution in [0.2, 0.25) is 0 Å². The summed E-state index contributed by atoms with van der Waals surface area (Å²) in [5, 5.41) is 5.91. The van der Waals surface area contributed by atoms with Crippen molar-refractivity contribution in [1.29, 1.82) is 0 Å². The van der Waals surface area contributed by atoms with Crippen LogP contribution in [0.15, 0.2) is 78.9 Å². The zero-order valence-electron chi connectivity index (χ0n) is 15.2. The molecule has 0 aliphatic heterocycles. The molecule has 2 heteroatoms. The minimum atomic E-state index is 0.758. The molecule has 0 aliphatic rings. The standard InChI is InChI=1S/C24H22N2/c1-17-7-6-10-20(13-17)23-15-21-14-18(2)11-12-22(21)24(26-23)25-16-19-8-4-3-5-9-19/h3-15H,16H2,1-2H3,(H,25,26). The van der Waals surface area contributed by atoms with E-state index in [9.17, 15) is 0 Å². The van der Waals surface area contributed by atoms with Crippen molar-refractivity contribution in [1.82, 2.24) is 4.98 Å². The second-order valence-corrected chi connectivity index (χ2v) is 6.79. The molecular weight excluding hydrogens is 316 g/mol. The number of fused-ring (bicyclic) bond motifs is 1. The fourth-order valence-electron chi connectivity index (χ4n) is 3.25. The number of pyridine rings is 1. The quantitative estimate of drug-likeness (QED) is 0.484. The van der Waals surface area contributed by atoms with Gasteiger partial charge in [0.1, 0.15) is 5.82 Å². The Kier molecular flexibility index (Phi) is 4.40. The molecule has 0 atom stereocenters. The topological polar surface area (TPSA) is 24.9 Å². The van der Waals surface area contributed by atoms with Gasteiger partial charge in [-0.25, -0.2) is 4.98 Å². The van der Waals surface area contributed by atoms with Crippen molar-refractivity contribution >= 4 is 16.6 Å². The molecule has 1 heterocycles. The van der Waals surface area contributed by atoms with Crippen molar-refractivity contribution in [2.75, 3.05) is 5.32 Å². The molecule has 0 amide bonds. The summed E-state index contributed by atoms with van der Waals surface area (Å²) >= 11 is 0. The van der Waals surface area contributed by atoms with Crippen molar-refractivity contribution < 1.29 is 0 Å². The van der Waals surface area contributed by atoms with Gasteiger partial charge < -0.3 is 5.32 Å². The third-order valence-electron chi connectivity index (χ3n) is 4.60. The molecule has 1 aromatic heterocycles. The number of benzene rings is 3. The number of nitrogens with zero attached hydrogens (tertiary/aromatic N) is 1. The normalized spacial score (nSPS) is 10.8. The molecule has 26 heavy (non-hydrogen) atoms. The van der Waals surface area contributed by atoms with Crippen molar-refractivity contribution in [3.05, 3.63) is 95.6 Å². The predicted molar refractivity (Wildman–Crippen MR) is 110 cm³/mol. The first-order valence-corrected chi connectivity index (χ1v) is 8.95. The number of nitrogens with one attached hydrogen (secondary N) is 1. The molecule has 0 bridgehead atoms. The van der Waals surface area contributed by atoms with Gasteiger partial charge >= 0.3 is 0 Å². The van der Waals surface area contributed by atoms with Crippen LogP contribution in [-0.2, 0) is 6.54 Å². The molecule has 0 fully saturated rings. The van der Waals surface area contributed by atoms with Crippen LogP contribution in [-0.4, -0.2) is 4.98 Å². The van der Waals surface area contributed by atoms with E-state index in [1.807, 2.05) is 6.07 Å². The van der Waals surface area contributed by atoms with Gasteiger partial charge in [-0.05, 0) is 36.9 Å². The second kappa shape index (κ2) is 7.01. The molecule has 0 spiro atoms. The zero-order valence-corrected chi connectivity index (χ0v) is 15.2. The van der Waals surface area contributed by atoms with E-state index in [4.69, 9.17) is 4.98 Å². The SMILES string of the molecule is Cc1cccc(-c2cc3cc(C)ccc3c(NCc3ccccc3)n2)c1. The highest BCUT2D eigenvalue weighted by Gasteiger charge is 2.08. The monoisotopic (exact) mass is 338 g/mol. The number of hydrogen-bond donors (Lipinski definition) is 1. The predicted octanol–water partition coefficient (Wildman–Crippen LogP) is 6.13. The molecule has 0 unspecified atom stereocenters. The van der Waals surface area contributed by atoms with Crippen LogP contribution < -0.4 is 5.32 Å². The Morgan fingerprint density at radius 1 is 0.769 bits per heavy atom. The maximum absolute atomic E-state index is 4.95. The van der Waals surface area contributed by atoms with Crippen molar-refractivity contribution in [2.24, 2.45) is 0 Å². The van der Waals surface area contributed by atoms with Crippen LogP contribution >= 0.6 is 0 Å². The van der Waals surface area contributed by atoms with E-state index in [1.54, 1.807) is 0 Å². The zero-order chi connectivity index (χ0) is 17.9. The lowest BCUT2D eigenvalue weighted by Gasteiger charge is -2.13. The third-order valence-corrected chi connectivity index (χ3v) is 4.60. The number of rotatable bonds is 4. The van der Waals surface area contributed by atoms with Gasteiger partial charge in [0.25, 0.3) is 0 Å². The molecule has 0 saturated heterocycles. The number of anilines is 1. The summed E-state index contributed by atoms with van der Waals surface area (Å²) in [6.45, 7) is 5.00. The van der Waals surface area contributed by atoms with Crippen LogP contribution in [0.4, 0.5) is 5.82 Å². The lowest BCUT2D eigenvalue weighted by Crippen LogP contribution is -2.03. The molecule has 0 aliphatic carbocycles. The van der Waals surface area contributed by atoms with Gasteiger partial charge in [0.2, 0.25) is 0 Å². The van der Waals surface area contributed by atoms with Crippen LogP contribution in [0.1, 0.15) is 16.7 Å². The number of aryl methyl sites for hydroxylation is 2. The Morgan fingerprint density at radius 2 is 1.58 bits per heavy atom. The van der Waals surface area contributed by atoms with Crippen molar-refractivity contribution in [3.8, 4) is 11.3 Å². The largest absolute Gasteiger partial charge is 0.365 e. The highest BCUT2D eigenvalue weighted by atomic mass is 15.0. The molecular formula is C24H22N2. The fraction of sp³-hybridized carbons (Fsp3) is 0.125. The van der Waals surface area contributed by atoms with E-state index >= 15 is 0 Å². The first-order chi connectivity index (χ1) is 12.7. The Morgan fingerprint density at radius 3 is 2.38 bits per heavy atom. The van der Waals surface area contributed by atoms with Gasteiger partial charge in [0.15, 0.2) is 0 Å². The van der Waals surface area contributed by atoms with E-state index in [0.29, 0.717) is 0 Å². The average Bonchev–Trinajstić information content (AvgIpc) is 2.66. The molecule has 4 rings (SSSR count). The van der Waals surface area contributed by atoms with Crippen LogP contribution in [0.3, 0.4) is 0 Å². The van der Waals surface area contributed by atoms with E-state index < -0.39 is 0 Å². The summed E-state index contributed by atoms with van der Waals surface area (Å²) in [7, 11) is 0. The smallest absolute Gasteiger partial charge is 0.134 e. The highest BCUT2D eigenvalue weighted by molar-refractivity contribution is 5.95. The van der Waals surface area contributed by atoms with Gasteiger partial charge in [-0.3, -0.25) is 0 Å². The summed E-state index contributed by atoms with van der Waals surface area (Å²) in [5.41, 5.74) is 5.90. The van der Waals surface area contributed by atoms with E-state index in [2.05, 4.69) is 92.0 Å². The van der Waals surface area contributed by atoms with Crippen molar-refractivity contribution in [3.63, 3.8) is 0 Å². The molecule has 0 saturated carbocycles. The van der Waals surface area contributed by atoms with Gasteiger partial charge in [-0.1, -0.05) is 77.9 Å². The molecule has 0 radical (unpaired) electrons. The van der Waals surface area contributed by atoms with Crippen LogP contribution in [0, 0.1) is 13.8 Å². The van der Waals surface area contributed by atoms with Gasteiger partial charge in [0, 0.05) is 17.5 Å². The molecule has 4 aromatic rings. The minimum absolute atomic E-state index is 0.758. The summed E-state index contributed by atoms with van der Waals surface area (Å²) in [5.74, 6) is 0.933. The fourth-order valence-corrected chi connectivity index (χ4v) is 3.25. The Balaban J connectivity index is 1.79. The minimum Gasteiger partial charge on any atom is -0.365 e. The molecule has 3 aromatic carbocycles. The lowest BCUT2D eigenvalue weighted by atomic mass is 10.0. The maximum Gasteiger partial charge on any atom is 0.134 e. The van der Waals surface area contributed by atoms with Gasteiger partial charge in [-0.2, -0.15) is 0 Å². The third kappa shape index (κ3) is 3.45. The number of aromatic nitrogens is 1. The first kappa shape index (κ1) is 16.3. The summed E-state index contributed by atoms with van der Waals surface area (Å²) in [6, 6.07) is 27.6. The van der Waals surface area contributed by atoms with Gasteiger partial charge in [-0.15, -0.1) is 0 Å². The lowest BCUT2D eigenvalue weighted by molar-refractivity contribution is 1.12. The Hall–Kier alpha value is -3.13. The summed E-state index contributed by atoms with van der Waals surface area (Å²) < 4.78 is 0. The second-order valence-electron chi connectivity index (χ2n) is 6.79. The Bertz CT molecular complexity index is 1050. The number of hydrogen-bond acceptors (Lipinski definition) is 2. The Labute approximate surface area is 154 Å². The molecule has 128 valence electrons. The maximum atomic E-state index is 4.95. The van der Waals surface area contributed by atoms with E-state index in [-0.39, 0.29) is 0 Å². The molecule has 2 nitrogen and oxygen atoms in total. The average molecular weight is 338 g/mol. The van der Waals surface area contributed by atoms with Crippen LogP contribution in [0.25, 0.3) is 22.0 Å². The van der Waals surface area contributed by atoms with E-state index in [1.165, 1.54) is 22.1 Å². The first-order valence-electron chi connectivity index (χ1n) is 8.95. The highest BCUT2D eigenvalue weighted by Crippen LogP contribution is 2.29. The van der Waals surface area contributed by atoms with Crippen molar-refractivity contribution in [2.45, 2.75) is 20.4 Å². The molecule has 1 N–H and O–H groups in total. The van der Waals surface area contributed by atoms with Gasteiger partial charge in [0.05, 0.1) is 5.69 Å². The summed E-state index contributed by atoms with van der Waals surface area (Å²) in [6.07, 6.45) is 0. The van der Waals surface area contributed by atoms with Crippen LogP contribution in [0.5, 0.6) is 0 Å². The van der Waals surface area contributed by atoms with E-state index in [0.717, 1.165) is 29.0 Å². The summed E-state index contributed by atoms with van der Waals surface area (Å²) in [4.78, 5) is 4.95.